The van der Waals surface area contributed by atoms with E-state index >= 15 is 0 Å². The number of aromatic carboxylic acids is 1. The summed E-state index contributed by atoms with van der Waals surface area (Å²) in [6.07, 6.45) is 1.31. The van der Waals surface area contributed by atoms with E-state index < -0.39 is 5.97 Å². The molecule has 0 unspecified atom stereocenters. The zero-order chi connectivity index (χ0) is 21.7. The predicted molar refractivity (Wildman–Crippen MR) is 116 cm³/mol. The molecule has 8 nitrogen and oxygen atoms in total. The second-order valence-electron chi connectivity index (χ2n) is 5.90. The van der Waals surface area contributed by atoms with Gasteiger partial charge in [0.05, 0.1) is 25.6 Å². The van der Waals surface area contributed by atoms with Crippen LogP contribution in [-0.2, 0) is 0 Å². The molecule has 1 heterocycles. The van der Waals surface area contributed by atoms with Crippen molar-refractivity contribution in [3.05, 3.63) is 57.8 Å². The van der Waals surface area contributed by atoms with Gasteiger partial charge in [-0.1, -0.05) is 0 Å². The molecule has 0 amide bonds. The Morgan fingerprint density at radius 3 is 2.63 bits per heavy atom. The van der Waals surface area contributed by atoms with Crippen LogP contribution < -0.4 is 9.47 Å². The molecule has 152 valence electrons. The lowest BCUT2D eigenvalue weighted by Crippen LogP contribution is -1.96. The molecule has 9 heteroatoms. The number of aromatic nitrogens is 1. The third-order valence-electron chi connectivity index (χ3n) is 4.09. The Hall–Kier alpha value is -3.94. The van der Waals surface area contributed by atoms with E-state index in [9.17, 15) is 15.3 Å². The number of thiazole rings is 1. The van der Waals surface area contributed by atoms with Crippen molar-refractivity contribution in [2.75, 3.05) is 14.2 Å². The molecule has 0 spiro atoms. The summed E-state index contributed by atoms with van der Waals surface area (Å²) in [7, 11) is 3.10. The van der Waals surface area contributed by atoms with E-state index in [1.54, 1.807) is 26.4 Å². The van der Waals surface area contributed by atoms with Gasteiger partial charge in [0.25, 0.3) is 0 Å². The maximum atomic E-state index is 11.1. The van der Waals surface area contributed by atoms with Crippen LogP contribution >= 0.6 is 11.3 Å². The van der Waals surface area contributed by atoms with Crippen molar-refractivity contribution >= 4 is 40.7 Å². The minimum absolute atomic E-state index is 0.219. The number of phenols is 1. The molecule has 1 aromatic heterocycles. The second kappa shape index (κ2) is 9.04. The molecular formula is C21H16N3O5S-. The predicted octanol–water partition coefficient (Wildman–Crippen LogP) is 4.26. The molecule has 0 fully saturated rings. The first-order valence-electron chi connectivity index (χ1n) is 8.52. The van der Waals surface area contributed by atoms with Gasteiger partial charge < -0.3 is 25.1 Å². The molecule has 3 rings (SSSR count). The quantitative estimate of drug-likeness (QED) is 0.549. The fraction of sp³-hybridized carbons (Fsp3) is 0.0952. The van der Waals surface area contributed by atoms with Gasteiger partial charge >= 0.3 is 5.97 Å². The van der Waals surface area contributed by atoms with Crippen molar-refractivity contribution in [1.29, 1.82) is 0 Å². The zero-order valence-corrected chi connectivity index (χ0v) is 16.8. The van der Waals surface area contributed by atoms with E-state index in [-0.39, 0.29) is 22.6 Å². The summed E-state index contributed by atoms with van der Waals surface area (Å²) in [5.74, 6) is 1.59. The number of carboxylic acids is 1. The summed E-state index contributed by atoms with van der Waals surface area (Å²) >= 11 is 1.28. The number of aromatic hydroxyl groups is 1. The van der Waals surface area contributed by atoms with Gasteiger partial charge in [0.2, 0.25) is 0 Å². The monoisotopic (exact) mass is 422 g/mol. The molecule has 0 aliphatic rings. The zero-order valence-electron chi connectivity index (χ0n) is 16.0. The number of benzene rings is 2. The molecule has 30 heavy (non-hydrogen) atoms. The lowest BCUT2D eigenvalue weighted by molar-refractivity contribution is 0.0693. The van der Waals surface area contributed by atoms with Crippen LogP contribution in [-0.4, -0.2) is 47.5 Å². The minimum atomic E-state index is -1.27. The smallest absolute Gasteiger partial charge is 0.339 e. The lowest BCUT2D eigenvalue weighted by atomic mass is 10.1. The Kier molecular flexibility index (Phi) is 6.26. The summed E-state index contributed by atoms with van der Waals surface area (Å²) in [6.45, 7) is 0. The second-order valence-corrected chi connectivity index (χ2v) is 6.76. The van der Waals surface area contributed by atoms with Crippen LogP contribution in [0.15, 0.2) is 46.8 Å². The fourth-order valence-corrected chi connectivity index (χ4v) is 3.36. The molecule has 0 aliphatic heterocycles. The van der Waals surface area contributed by atoms with E-state index in [1.807, 2.05) is 17.3 Å². The van der Waals surface area contributed by atoms with Gasteiger partial charge in [0, 0.05) is 22.7 Å². The third kappa shape index (κ3) is 4.38. The van der Waals surface area contributed by atoms with Crippen LogP contribution in [0.3, 0.4) is 0 Å². The maximum Gasteiger partial charge on any atom is 0.339 e. The number of nitrogens with zero attached hydrogens (tertiary/aromatic N) is 3. The summed E-state index contributed by atoms with van der Waals surface area (Å²) in [5, 5.41) is 30.4. The van der Waals surface area contributed by atoms with Crippen molar-refractivity contribution in [1.82, 2.24) is 4.98 Å². The standard InChI is InChI=1S/C21H16N3O5S/c1-28-18-6-3-12(7-19(18)29-2)16-11-30-20(24-16)13(9-22)10-23-14-4-5-17(25)15(8-14)21(26)27/h3-8,10-11,25H,1-2H3,(H,26,27)/q-1. The molecule has 2 aromatic carbocycles. The van der Waals surface area contributed by atoms with E-state index in [1.165, 1.54) is 35.8 Å². The Balaban J connectivity index is 1.87. The maximum absolute atomic E-state index is 11.1. The molecule has 0 radical (unpaired) electrons. The molecule has 0 saturated carbocycles. The highest BCUT2D eigenvalue weighted by atomic mass is 32.1. The summed E-state index contributed by atoms with van der Waals surface area (Å²) in [6, 6.07) is 9.31. The van der Waals surface area contributed by atoms with Crippen molar-refractivity contribution in [2.24, 2.45) is 4.99 Å². The van der Waals surface area contributed by atoms with Gasteiger partial charge in [-0.25, -0.2) is 9.78 Å². The van der Waals surface area contributed by atoms with E-state index in [2.05, 4.69) is 9.98 Å². The summed E-state index contributed by atoms with van der Waals surface area (Å²) in [5.41, 5.74) is 1.70. The van der Waals surface area contributed by atoms with Crippen molar-refractivity contribution in [2.45, 2.75) is 0 Å². The van der Waals surface area contributed by atoms with Gasteiger partial charge in [0.1, 0.15) is 16.3 Å². The molecule has 2 N–H and O–H groups in total. The first-order valence-corrected chi connectivity index (χ1v) is 9.40. The van der Waals surface area contributed by atoms with Crippen LogP contribution in [0.25, 0.3) is 22.2 Å². The van der Waals surface area contributed by atoms with Crippen LogP contribution in [0.5, 0.6) is 17.2 Å². The average Bonchev–Trinajstić information content (AvgIpc) is 3.24. The van der Waals surface area contributed by atoms with Gasteiger partial charge in [-0.3, -0.25) is 10.9 Å². The van der Waals surface area contributed by atoms with Gasteiger partial charge in [-0.2, -0.15) is 0 Å². The van der Waals surface area contributed by atoms with E-state index in [0.29, 0.717) is 22.2 Å². The Morgan fingerprint density at radius 1 is 1.20 bits per heavy atom. The highest BCUT2D eigenvalue weighted by Gasteiger charge is 2.12. The van der Waals surface area contributed by atoms with Crippen molar-refractivity contribution in [3.63, 3.8) is 0 Å². The lowest BCUT2D eigenvalue weighted by Gasteiger charge is -2.08. The molecular weight excluding hydrogens is 406 g/mol. The first-order chi connectivity index (χ1) is 14.5. The Bertz CT molecular complexity index is 1180. The number of carboxylic acid groups (broad SMARTS) is 1. The molecule has 0 saturated heterocycles. The fourth-order valence-electron chi connectivity index (χ4n) is 2.57. The number of allylic oxidation sites excluding steroid dienone is 1. The van der Waals surface area contributed by atoms with Crippen LogP contribution in [0.2, 0.25) is 0 Å². The minimum Gasteiger partial charge on any atom is -0.763 e. The topological polar surface area (TPSA) is 124 Å². The number of methoxy groups -OCH3 is 2. The van der Waals surface area contributed by atoms with Gasteiger partial charge in [-0.05, 0) is 36.4 Å². The highest BCUT2D eigenvalue weighted by Crippen LogP contribution is 2.33. The number of aliphatic imine (C=N–C) groups is 1. The summed E-state index contributed by atoms with van der Waals surface area (Å²) < 4.78 is 10.5. The average molecular weight is 422 g/mol. The molecule has 3 aromatic rings. The molecule has 0 atom stereocenters. The Labute approximate surface area is 175 Å². The van der Waals surface area contributed by atoms with Crippen LogP contribution in [0.1, 0.15) is 15.4 Å². The number of hydrogen-bond donors (Lipinski definition) is 2. The van der Waals surface area contributed by atoms with E-state index in [0.717, 1.165) is 5.56 Å². The highest BCUT2D eigenvalue weighted by molar-refractivity contribution is 7.11. The van der Waals surface area contributed by atoms with Crippen LogP contribution in [0.4, 0.5) is 5.69 Å². The first kappa shape index (κ1) is 20.8. The summed E-state index contributed by atoms with van der Waals surface area (Å²) in [4.78, 5) is 19.8. The van der Waals surface area contributed by atoms with Gasteiger partial charge in [-0.15, -0.1) is 11.3 Å². The molecule has 0 aliphatic carbocycles. The number of carbonyl (C=O) groups is 1. The molecule has 0 bridgehead atoms. The largest absolute Gasteiger partial charge is 0.763 e. The van der Waals surface area contributed by atoms with Crippen molar-refractivity contribution < 1.29 is 24.5 Å². The van der Waals surface area contributed by atoms with Gasteiger partial charge in [0.15, 0.2) is 11.5 Å². The number of rotatable bonds is 7. The van der Waals surface area contributed by atoms with Crippen LogP contribution in [0, 0.1) is 0 Å². The normalized spacial score (nSPS) is 10.6. The third-order valence-corrected chi connectivity index (χ3v) is 4.96. The number of ether oxygens (including phenoxy) is 2. The SMILES string of the molecule is COc1ccc(-c2csc(C(=C=[N-])C=Nc3ccc(O)c(C(=O)O)c3)n2)cc1OC. The van der Waals surface area contributed by atoms with Crippen molar-refractivity contribution in [3.8, 4) is 28.5 Å². The van der Waals surface area contributed by atoms with E-state index in [4.69, 9.17) is 14.6 Å². The Morgan fingerprint density at radius 2 is 1.97 bits per heavy atom. The number of hydrogen-bond acceptors (Lipinski definition) is 7.